The Bertz CT molecular complexity index is 683. The van der Waals surface area contributed by atoms with Crippen LogP contribution in [0, 0.1) is 5.92 Å². The molecule has 2 aromatic rings. The molecule has 0 unspecified atom stereocenters. The number of hydrogen-bond donors (Lipinski definition) is 3. The number of aromatic nitrogens is 2. The summed E-state index contributed by atoms with van der Waals surface area (Å²) in [5.74, 6) is -0.0633. The monoisotopic (exact) mass is 371 g/mol. The molecular formula is C13H17N5O2S3. The maximum atomic E-state index is 11.9. The molecule has 0 fully saturated rings. The predicted molar refractivity (Wildman–Crippen MR) is 95.4 cm³/mol. The van der Waals surface area contributed by atoms with E-state index in [-0.39, 0.29) is 11.7 Å². The number of thiophene rings is 1. The van der Waals surface area contributed by atoms with Crippen molar-refractivity contribution in [3.8, 4) is 0 Å². The number of nitrogens with zero attached hydrogens (tertiary/aromatic N) is 2. The minimum absolute atomic E-state index is 0.189. The summed E-state index contributed by atoms with van der Waals surface area (Å²) in [6.45, 7) is 5.05. The van der Waals surface area contributed by atoms with Gasteiger partial charge in [-0.25, -0.2) is 0 Å². The normalized spacial score (nSPS) is 10.7. The second-order valence-corrected chi connectivity index (χ2v) is 8.13. The van der Waals surface area contributed by atoms with Crippen molar-refractivity contribution in [2.24, 2.45) is 11.7 Å². The fraction of sp³-hybridized carbons (Fsp3) is 0.385. The molecule has 2 aromatic heterocycles. The lowest BCUT2D eigenvalue weighted by Gasteiger charge is -2.03. The smallest absolute Gasteiger partial charge is 0.251 e. The number of primary amides is 1. The first-order valence-corrected chi connectivity index (χ1v) is 9.51. The van der Waals surface area contributed by atoms with Crippen LogP contribution in [0.1, 0.15) is 24.2 Å². The first-order valence-electron chi connectivity index (χ1n) is 6.83. The molecule has 23 heavy (non-hydrogen) atoms. The number of nitrogens with one attached hydrogen (secondary N) is 2. The molecule has 0 saturated heterocycles. The lowest BCUT2D eigenvalue weighted by Crippen LogP contribution is -2.17. The van der Waals surface area contributed by atoms with Gasteiger partial charge in [-0.3, -0.25) is 9.59 Å². The molecule has 0 radical (unpaired) electrons. The Kier molecular flexibility index (Phi) is 6.37. The SMILES string of the molecule is CC(C)CNc1nnc(SCC(=O)Nc2sccc2C(N)=O)s1. The summed E-state index contributed by atoms with van der Waals surface area (Å²) in [4.78, 5) is 23.1. The zero-order chi connectivity index (χ0) is 16.8. The van der Waals surface area contributed by atoms with E-state index in [4.69, 9.17) is 5.73 Å². The van der Waals surface area contributed by atoms with Crippen LogP contribution in [0.3, 0.4) is 0 Å². The molecule has 2 heterocycles. The van der Waals surface area contributed by atoms with E-state index >= 15 is 0 Å². The van der Waals surface area contributed by atoms with Gasteiger partial charge >= 0.3 is 0 Å². The van der Waals surface area contributed by atoms with Gasteiger partial charge in [0.25, 0.3) is 5.91 Å². The zero-order valence-electron chi connectivity index (χ0n) is 12.7. The average Bonchev–Trinajstić information content (AvgIpc) is 3.11. The van der Waals surface area contributed by atoms with Crippen LogP contribution in [0.15, 0.2) is 15.8 Å². The third kappa shape index (κ3) is 5.48. The number of hydrogen-bond acceptors (Lipinski definition) is 8. The number of nitrogens with two attached hydrogens (primary N) is 1. The summed E-state index contributed by atoms with van der Waals surface area (Å²) in [5, 5.41) is 16.9. The number of carbonyl (C=O) groups is 2. The van der Waals surface area contributed by atoms with E-state index in [1.807, 2.05) is 0 Å². The van der Waals surface area contributed by atoms with E-state index in [2.05, 4.69) is 34.7 Å². The highest BCUT2D eigenvalue weighted by Gasteiger charge is 2.13. The first-order chi connectivity index (χ1) is 11.0. The molecule has 10 heteroatoms. The van der Waals surface area contributed by atoms with Gasteiger partial charge in [0.2, 0.25) is 11.0 Å². The van der Waals surface area contributed by atoms with Crippen LogP contribution >= 0.6 is 34.4 Å². The summed E-state index contributed by atoms with van der Waals surface area (Å²) < 4.78 is 0.715. The molecule has 2 rings (SSSR count). The van der Waals surface area contributed by atoms with Gasteiger partial charge < -0.3 is 16.4 Å². The van der Waals surface area contributed by atoms with Gasteiger partial charge in [-0.15, -0.1) is 21.5 Å². The lowest BCUT2D eigenvalue weighted by molar-refractivity contribution is -0.113. The summed E-state index contributed by atoms with van der Waals surface area (Å²) in [7, 11) is 0. The molecule has 124 valence electrons. The number of rotatable bonds is 8. The highest BCUT2D eigenvalue weighted by Crippen LogP contribution is 2.27. The van der Waals surface area contributed by atoms with Crippen LogP contribution in [0.2, 0.25) is 0 Å². The highest BCUT2D eigenvalue weighted by atomic mass is 32.2. The largest absolute Gasteiger partial charge is 0.366 e. The minimum Gasteiger partial charge on any atom is -0.366 e. The minimum atomic E-state index is -0.556. The number of amides is 2. The second-order valence-electron chi connectivity index (χ2n) is 5.01. The van der Waals surface area contributed by atoms with Gasteiger partial charge in [-0.05, 0) is 17.4 Å². The zero-order valence-corrected chi connectivity index (χ0v) is 15.1. The highest BCUT2D eigenvalue weighted by molar-refractivity contribution is 8.01. The quantitative estimate of drug-likeness (QED) is 0.615. The van der Waals surface area contributed by atoms with E-state index in [0.717, 1.165) is 11.7 Å². The van der Waals surface area contributed by atoms with Crippen molar-refractivity contribution in [1.29, 1.82) is 0 Å². The molecular weight excluding hydrogens is 354 g/mol. The Morgan fingerprint density at radius 2 is 2.17 bits per heavy atom. The molecule has 7 nitrogen and oxygen atoms in total. The lowest BCUT2D eigenvalue weighted by atomic mass is 10.2. The van der Waals surface area contributed by atoms with Crippen molar-refractivity contribution >= 4 is 56.4 Å². The van der Waals surface area contributed by atoms with Crippen LogP contribution in [0.5, 0.6) is 0 Å². The van der Waals surface area contributed by atoms with Gasteiger partial charge in [0.05, 0.1) is 11.3 Å². The van der Waals surface area contributed by atoms with Crippen molar-refractivity contribution < 1.29 is 9.59 Å². The van der Waals surface area contributed by atoms with E-state index in [1.165, 1.54) is 34.4 Å². The van der Waals surface area contributed by atoms with Crippen LogP contribution in [-0.2, 0) is 4.79 Å². The fourth-order valence-corrected chi connectivity index (χ4v) is 3.89. The van der Waals surface area contributed by atoms with Crippen molar-refractivity contribution in [2.45, 2.75) is 18.2 Å². The van der Waals surface area contributed by atoms with Crippen molar-refractivity contribution in [2.75, 3.05) is 22.9 Å². The maximum absolute atomic E-state index is 11.9. The van der Waals surface area contributed by atoms with E-state index in [9.17, 15) is 9.59 Å². The number of thioether (sulfide) groups is 1. The standard InChI is InChI=1S/C13H17N5O2S3/c1-7(2)5-15-12-17-18-13(23-12)22-6-9(19)16-11-8(10(14)20)3-4-21-11/h3-4,7H,5-6H2,1-2H3,(H2,14,20)(H,15,17)(H,16,19). The molecule has 0 aliphatic carbocycles. The maximum Gasteiger partial charge on any atom is 0.251 e. The van der Waals surface area contributed by atoms with Gasteiger partial charge in [0.15, 0.2) is 4.34 Å². The van der Waals surface area contributed by atoms with Gasteiger partial charge in [-0.1, -0.05) is 36.9 Å². The Hall–Kier alpha value is -1.65. The molecule has 0 aliphatic heterocycles. The molecule has 0 spiro atoms. The summed E-state index contributed by atoms with van der Waals surface area (Å²) in [5.41, 5.74) is 5.56. The third-order valence-electron chi connectivity index (χ3n) is 2.58. The van der Waals surface area contributed by atoms with Crippen molar-refractivity contribution in [1.82, 2.24) is 10.2 Å². The Balaban J connectivity index is 1.82. The molecule has 0 bridgehead atoms. The first kappa shape index (κ1) is 17.7. The molecule has 2 amide bonds. The topological polar surface area (TPSA) is 110 Å². The van der Waals surface area contributed by atoms with E-state index < -0.39 is 5.91 Å². The van der Waals surface area contributed by atoms with Crippen LogP contribution in [0.25, 0.3) is 0 Å². The molecule has 4 N–H and O–H groups in total. The summed E-state index contributed by atoms with van der Waals surface area (Å²) in [6.07, 6.45) is 0. The fourth-order valence-electron chi connectivity index (χ4n) is 1.52. The van der Waals surface area contributed by atoms with Crippen molar-refractivity contribution in [3.63, 3.8) is 0 Å². The Labute approximate surface area is 146 Å². The number of anilines is 2. The van der Waals surface area contributed by atoms with Crippen LogP contribution in [0.4, 0.5) is 10.1 Å². The second kappa shape index (κ2) is 8.27. The predicted octanol–water partition coefficient (Wildman–Crippen LogP) is 2.50. The molecule has 0 aromatic carbocycles. The third-order valence-corrected chi connectivity index (χ3v) is 5.42. The Morgan fingerprint density at radius 1 is 1.39 bits per heavy atom. The van der Waals surface area contributed by atoms with Crippen LogP contribution in [-0.4, -0.2) is 34.3 Å². The summed E-state index contributed by atoms with van der Waals surface area (Å²) >= 11 is 3.98. The molecule has 0 saturated carbocycles. The molecule has 0 atom stereocenters. The van der Waals surface area contributed by atoms with E-state index in [0.29, 0.717) is 20.8 Å². The Morgan fingerprint density at radius 3 is 2.87 bits per heavy atom. The average molecular weight is 372 g/mol. The van der Waals surface area contributed by atoms with Crippen molar-refractivity contribution in [3.05, 3.63) is 17.0 Å². The van der Waals surface area contributed by atoms with E-state index in [1.54, 1.807) is 11.4 Å². The van der Waals surface area contributed by atoms with Gasteiger partial charge in [0.1, 0.15) is 5.00 Å². The van der Waals surface area contributed by atoms with Crippen LogP contribution < -0.4 is 16.4 Å². The van der Waals surface area contributed by atoms with Gasteiger partial charge in [-0.2, -0.15) is 0 Å². The molecule has 0 aliphatic rings. The summed E-state index contributed by atoms with van der Waals surface area (Å²) in [6, 6.07) is 1.59. The number of carbonyl (C=O) groups excluding carboxylic acids is 2. The van der Waals surface area contributed by atoms with Gasteiger partial charge in [0, 0.05) is 6.54 Å².